The zero-order valence-electron chi connectivity index (χ0n) is 15.6. The lowest BCUT2D eigenvalue weighted by atomic mass is 10.1. The van der Waals surface area contributed by atoms with Crippen LogP contribution in [0, 0.1) is 0 Å². The summed E-state index contributed by atoms with van der Waals surface area (Å²) in [4.78, 5) is 2.34. The molecule has 0 heterocycles. The zero-order chi connectivity index (χ0) is 18.3. The minimum Gasteiger partial charge on any atom is -0.287 e. The number of hydrogen-bond acceptors (Lipinski definition) is 2. The fourth-order valence-corrected chi connectivity index (χ4v) is 2.98. The first-order valence-electron chi connectivity index (χ1n) is 8.64. The summed E-state index contributed by atoms with van der Waals surface area (Å²) in [5, 5.41) is 0. The molecule has 134 valence electrons. The topological polar surface area (TPSA) is 32.7 Å². The van der Waals surface area contributed by atoms with Crippen molar-refractivity contribution in [3.63, 3.8) is 0 Å². The van der Waals surface area contributed by atoms with E-state index >= 15 is 0 Å². The predicted molar refractivity (Wildman–Crippen MR) is 108 cm³/mol. The van der Waals surface area contributed by atoms with Crippen molar-refractivity contribution < 1.29 is 4.21 Å². The van der Waals surface area contributed by atoms with Crippen LogP contribution in [0.25, 0.3) is 0 Å². The van der Waals surface area contributed by atoms with Crippen molar-refractivity contribution in [3.05, 3.63) is 71.8 Å². The van der Waals surface area contributed by atoms with Crippen LogP contribution >= 0.6 is 0 Å². The van der Waals surface area contributed by atoms with Crippen LogP contribution in [0.3, 0.4) is 0 Å². The molecule has 0 aliphatic rings. The second kappa shape index (κ2) is 9.07. The van der Waals surface area contributed by atoms with Crippen LogP contribution in [-0.2, 0) is 24.1 Å². The monoisotopic (exact) mass is 356 g/mol. The molecule has 0 aliphatic heterocycles. The first kappa shape index (κ1) is 19.5. The van der Waals surface area contributed by atoms with Gasteiger partial charge in [0.05, 0.1) is 4.75 Å². The first-order chi connectivity index (χ1) is 11.9. The molecule has 0 saturated heterocycles. The van der Waals surface area contributed by atoms with Gasteiger partial charge in [-0.05, 0) is 38.8 Å². The Balaban J connectivity index is 2.15. The summed E-state index contributed by atoms with van der Waals surface area (Å²) >= 11 is 0. The smallest absolute Gasteiger partial charge is 0.144 e. The fourth-order valence-electron chi connectivity index (χ4n) is 2.38. The lowest BCUT2D eigenvalue weighted by molar-refractivity contribution is 0.238. The van der Waals surface area contributed by atoms with Crippen molar-refractivity contribution in [2.24, 2.45) is 4.40 Å². The zero-order valence-corrected chi connectivity index (χ0v) is 16.4. The molecular weight excluding hydrogens is 328 g/mol. The summed E-state index contributed by atoms with van der Waals surface area (Å²) in [6.45, 7) is 9.58. The van der Waals surface area contributed by atoms with Gasteiger partial charge in [-0.25, -0.2) is 4.21 Å². The van der Waals surface area contributed by atoms with E-state index in [0.29, 0.717) is 0 Å². The highest BCUT2D eigenvalue weighted by Crippen LogP contribution is 2.15. The number of hydrogen-bond donors (Lipinski definition) is 0. The standard InChI is InChI=1S/C21H28N2OS/c1-18(15-22-25(24)21(2,3)4)23(16-19-11-7-5-8-12-19)17-20-13-9-6-10-14-20/h5-15,18H,16-17H2,1-4H3/b22-15+/t18-,25?/m0/s1. The Kier molecular flexibility index (Phi) is 7.09. The van der Waals surface area contributed by atoms with Crippen molar-refractivity contribution in [3.8, 4) is 0 Å². The third-order valence-corrected chi connectivity index (χ3v) is 5.29. The molecule has 0 N–H and O–H groups in total. The van der Waals surface area contributed by atoms with Crippen LogP contribution in [0.15, 0.2) is 65.1 Å². The summed E-state index contributed by atoms with van der Waals surface area (Å²) in [5.74, 6) is 0. The Morgan fingerprint density at radius 1 is 0.960 bits per heavy atom. The Bertz CT molecular complexity index is 651. The summed E-state index contributed by atoms with van der Waals surface area (Å²) in [6, 6.07) is 20.9. The maximum atomic E-state index is 12.2. The predicted octanol–water partition coefficient (Wildman–Crippen LogP) is 4.61. The molecule has 1 unspecified atom stereocenters. The molecule has 0 amide bonds. The summed E-state index contributed by atoms with van der Waals surface area (Å²) < 4.78 is 16.2. The third kappa shape index (κ3) is 6.56. The molecule has 0 aromatic heterocycles. The van der Waals surface area contributed by atoms with Crippen LogP contribution < -0.4 is 0 Å². The largest absolute Gasteiger partial charge is 0.287 e. The van der Waals surface area contributed by atoms with Gasteiger partial charge < -0.3 is 0 Å². The molecule has 2 rings (SSSR count). The Hall–Kier alpha value is -1.78. The average Bonchev–Trinajstić information content (AvgIpc) is 2.59. The van der Waals surface area contributed by atoms with Crippen molar-refractivity contribution in [1.82, 2.24) is 4.90 Å². The van der Waals surface area contributed by atoms with E-state index in [2.05, 4.69) is 64.8 Å². The lowest BCUT2D eigenvalue weighted by Crippen LogP contribution is -2.33. The Morgan fingerprint density at radius 2 is 1.40 bits per heavy atom. The second-order valence-electron chi connectivity index (χ2n) is 7.23. The van der Waals surface area contributed by atoms with E-state index in [1.54, 1.807) is 0 Å². The second-order valence-corrected chi connectivity index (χ2v) is 9.17. The molecule has 0 bridgehead atoms. The van der Waals surface area contributed by atoms with Gasteiger partial charge in [0.1, 0.15) is 11.0 Å². The van der Waals surface area contributed by atoms with E-state index in [1.165, 1.54) is 11.1 Å². The highest BCUT2D eigenvalue weighted by molar-refractivity contribution is 7.85. The molecule has 0 saturated carbocycles. The fraction of sp³-hybridized carbons (Fsp3) is 0.381. The highest BCUT2D eigenvalue weighted by Gasteiger charge is 2.19. The van der Waals surface area contributed by atoms with Crippen LogP contribution in [0.5, 0.6) is 0 Å². The first-order valence-corrected chi connectivity index (χ1v) is 9.75. The van der Waals surface area contributed by atoms with E-state index in [1.807, 2.05) is 39.1 Å². The van der Waals surface area contributed by atoms with Crippen LogP contribution in [0.4, 0.5) is 0 Å². The summed E-state index contributed by atoms with van der Waals surface area (Å²) in [7, 11) is -1.22. The minimum atomic E-state index is -1.22. The Labute approximate surface area is 154 Å². The molecule has 2 aromatic carbocycles. The Morgan fingerprint density at radius 3 is 1.80 bits per heavy atom. The van der Waals surface area contributed by atoms with E-state index < -0.39 is 11.0 Å². The van der Waals surface area contributed by atoms with E-state index in [-0.39, 0.29) is 10.8 Å². The highest BCUT2D eigenvalue weighted by atomic mass is 32.2. The molecule has 25 heavy (non-hydrogen) atoms. The van der Waals surface area contributed by atoms with Crippen LogP contribution in [0.1, 0.15) is 38.8 Å². The normalized spacial score (nSPS) is 14.8. The van der Waals surface area contributed by atoms with Gasteiger partial charge in [-0.3, -0.25) is 4.90 Å². The molecule has 2 aromatic rings. The van der Waals surface area contributed by atoms with E-state index in [9.17, 15) is 4.21 Å². The van der Waals surface area contributed by atoms with Gasteiger partial charge in [0.25, 0.3) is 0 Å². The maximum Gasteiger partial charge on any atom is 0.144 e. The quantitative estimate of drug-likeness (QED) is 0.679. The summed E-state index contributed by atoms with van der Waals surface area (Å²) in [5.41, 5.74) is 2.52. The minimum absolute atomic E-state index is 0.0895. The summed E-state index contributed by atoms with van der Waals surface area (Å²) in [6.07, 6.45) is 1.83. The number of benzene rings is 2. The van der Waals surface area contributed by atoms with Gasteiger partial charge >= 0.3 is 0 Å². The van der Waals surface area contributed by atoms with Crippen molar-refractivity contribution in [2.45, 2.75) is 51.6 Å². The van der Waals surface area contributed by atoms with Crippen molar-refractivity contribution >= 4 is 17.2 Å². The maximum absolute atomic E-state index is 12.2. The van der Waals surface area contributed by atoms with Gasteiger partial charge in [-0.1, -0.05) is 60.7 Å². The lowest BCUT2D eigenvalue weighted by Gasteiger charge is -2.27. The van der Waals surface area contributed by atoms with Crippen LogP contribution in [-0.4, -0.2) is 26.1 Å². The molecule has 3 nitrogen and oxygen atoms in total. The number of nitrogens with zero attached hydrogens (tertiary/aromatic N) is 2. The molecule has 0 radical (unpaired) electrons. The van der Waals surface area contributed by atoms with Gasteiger partial charge in [0, 0.05) is 25.3 Å². The van der Waals surface area contributed by atoms with Crippen molar-refractivity contribution in [1.29, 1.82) is 0 Å². The van der Waals surface area contributed by atoms with Gasteiger partial charge in [-0.15, -0.1) is 0 Å². The molecule has 0 spiro atoms. The van der Waals surface area contributed by atoms with Gasteiger partial charge in [0.15, 0.2) is 0 Å². The SMILES string of the molecule is C[C@@H](/C=N/S(=O)C(C)(C)C)N(Cc1ccccc1)Cc1ccccc1. The average molecular weight is 357 g/mol. The van der Waals surface area contributed by atoms with Gasteiger partial charge in [-0.2, -0.15) is 4.40 Å². The third-order valence-electron chi connectivity index (χ3n) is 3.93. The van der Waals surface area contributed by atoms with Crippen LogP contribution in [0.2, 0.25) is 0 Å². The molecule has 2 atom stereocenters. The molecular formula is C21H28N2OS. The van der Waals surface area contributed by atoms with Crippen molar-refractivity contribution in [2.75, 3.05) is 0 Å². The van der Waals surface area contributed by atoms with E-state index in [0.717, 1.165) is 13.1 Å². The van der Waals surface area contributed by atoms with E-state index in [4.69, 9.17) is 0 Å². The van der Waals surface area contributed by atoms with Gasteiger partial charge in [0.2, 0.25) is 0 Å². The molecule has 0 fully saturated rings. The molecule has 4 heteroatoms. The number of rotatable bonds is 7. The molecule has 0 aliphatic carbocycles.